The maximum absolute atomic E-state index is 13.4. The first-order valence-corrected chi connectivity index (χ1v) is 9.77. The maximum Gasteiger partial charge on any atom is 0.573 e. The summed E-state index contributed by atoms with van der Waals surface area (Å²) in [6.45, 7) is 1.52. The molecule has 0 saturated carbocycles. The Bertz CT molecular complexity index is 1070. The van der Waals surface area contributed by atoms with Crippen LogP contribution in [0.2, 0.25) is 0 Å². The molecular weight excluding hydrogens is 484 g/mol. The van der Waals surface area contributed by atoms with E-state index in [2.05, 4.69) is 41.3 Å². The summed E-state index contributed by atoms with van der Waals surface area (Å²) in [5.41, 5.74) is 1.17. The minimum Gasteiger partial charge on any atom is -0.406 e. The Morgan fingerprint density at radius 1 is 1.13 bits per heavy atom. The Morgan fingerprint density at radius 2 is 1.90 bits per heavy atom. The van der Waals surface area contributed by atoms with Crippen LogP contribution >= 0.6 is 15.9 Å². The van der Waals surface area contributed by atoms with E-state index in [0.717, 1.165) is 0 Å². The summed E-state index contributed by atoms with van der Waals surface area (Å²) in [6, 6.07) is 10.6. The average molecular weight is 501 g/mol. The van der Waals surface area contributed by atoms with E-state index in [1.54, 1.807) is 13.0 Å². The van der Waals surface area contributed by atoms with E-state index >= 15 is 0 Å². The predicted molar refractivity (Wildman–Crippen MR) is 112 cm³/mol. The fourth-order valence-corrected chi connectivity index (χ4v) is 3.02. The van der Waals surface area contributed by atoms with Crippen molar-refractivity contribution in [2.45, 2.75) is 19.3 Å². The fraction of sp³-hybridized carbons (Fsp3) is 0.200. The lowest BCUT2D eigenvalue weighted by Crippen LogP contribution is -2.21. The number of nitrogens with zero attached hydrogens (tertiary/aromatic N) is 2. The van der Waals surface area contributed by atoms with Crippen LogP contribution in [0.15, 0.2) is 53.0 Å². The molecule has 31 heavy (non-hydrogen) atoms. The normalized spacial score (nSPS) is 12.4. The van der Waals surface area contributed by atoms with E-state index in [1.807, 2.05) is 0 Å². The van der Waals surface area contributed by atoms with Crippen molar-refractivity contribution in [1.29, 1.82) is 0 Å². The van der Waals surface area contributed by atoms with Crippen molar-refractivity contribution in [1.82, 2.24) is 9.97 Å². The number of rotatable bonds is 7. The van der Waals surface area contributed by atoms with Crippen molar-refractivity contribution < 1.29 is 27.4 Å². The van der Waals surface area contributed by atoms with Crippen molar-refractivity contribution in [2.24, 2.45) is 0 Å². The predicted octanol–water partition coefficient (Wildman–Crippen LogP) is 5.48. The van der Waals surface area contributed by atoms with Crippen LogP contribution in [-0.4, -0.2) is 34.1 Å². The minimum atomic E-state index is -4.82. The molecule has 0 saturated heterocycles. The van der Waals surface area contributed by atoms with Gasteiger partial charge in [-0.2, -0.15) is 4.98 Å². The quantitative estimate of drug-likeness (QED) is 0.373. The zero-order valence-corrected chi connectivity index (χ0v) is 17.6. The first kappa shape index (κ1) is 22.8. The third-order valence-corrected chi connectivity index (χ3v) is 4.59. The van der Waals surface area contributed by atoms with Crippen molar-refractivity contribution in [3.63, 3.8) is 0 Å². The van der Waals surface area contributed by atoms with Crippen LogP contribution in [0.4, 0.5) is 35.0 Å². The zero-order valence-electron chi connectivity index (χ0n) is 16.0. The highest BCUT2D eigenvalue weighted by Gasteiger charge is 2.31. The molecule has 164 valence electrons. The number of benzene rings is 2. The Labute approximate surface area is 183 Å². The molecule has 0 aliphatic rings. The smallest absolute Gasteiger partial charge is 0.406 e. The number of nitrogens with one attached hydrogen (secondary N) is 2. The Morgan fingerprint density at radius 3 is 2.58 bits per heavy atom. The summed E-state index contributed by atoms with van der Waals surface area (Å²) in [6.07, 6.45) is -4.82. The molecule has 3 N–H and O–H groups in total. The van der Waals surface area contributed by atoms with E-state index < -0.39 is 17.9 Å². The molecule has 0 radical (unpaired) electrons. The van der Waals surface area contributed by atoms with Crippen molar-refractivity contribution >= 4 is 33.4 Å². The third-order valence-electron chi connectivity index (χ3n) is 3.93. The fourth-order valence-electron chi connectivity index (χ4n) is 2.57. The highest BCUT2D eigenvalue weighted by molar-refractivity contribution is 9.10. The summed E-state index contributed by atoms with van der Waals surface area (Å²) >= 11 is 3.26. The minimum absolute atomic E-state index is 0.141. The molecule has 0 spiro atoms. The van der Waals surface area contributed by atoms with Gasteiger partial charge in [0.25, 0.3) is 0 Å². The topological polar surface area (TPSA) is 79.3 Å². The molecule has 2 aromatic carbocycles. The lowest BCUT2D eigenvalue weighted by Gasteiger charge is -2.15. The molecule has 0 amide bonds. The van der Waals surface area contributed by atoms with Gasteiger partial charge < -0.3 is 20.5 Å². The van der Waals surface area contributed by atoms with E-state index in [1.165, 1.54) is 42.5 Å². The molecule has 0 bridgehead atoms. The van der Waals surface area contributed by atoms with Gasteiger partial charge in [0.15, 0.2) is 0 Å². The molecule has 0 aliphatic heterocycles. The number of halogens is 5. The number of aromatic nitrogens is 2. The largest absolute Gasteiger partial charge is 0.573 e. The van der Waals surface area contributed by atoms with Gasteiger partial charge in [-0.3, -0.25) is 0 Å². The molecule has 1 aromatic heterocycles. The second-order valence-corrected chi connectivity index (χ2v) is 7.37. The summed E-state index contributed by atoms with van der Waals surface area (Å²) in [5, 5.41) is 15.2. The third kappa shape index (κ3) is 6.53. The lowest BCUT2D eigenvalue weighted by molar-refractivity contribution is -0.274. The summed E-state index contributed by atoms with van der Waals surface area (Å²) in [7, 11) is 0. The Balaban J connectivity index is 2.00. The molecule has 3 aromatic rings. The van der Waals surface area contributed by atoms with E-state index in [-0.39, 0.29) is 18.6 Å². The second-order valence-electron chi connectivity index (χ2n) is 6.51. The lowest BCUT2D eigenvalue weighted by atomic mass is 10.1. The zero-order chi connectivity index (χ0) is 22.6. The summed E-state index contributed by atoms with van der Waals surface area (Å²) in [4.78, 5) is 8.64. The van der Waals surface area contributed by atoms with Crippen LogP contribution in [-0.2, 0) is 0 Å². The number of anilines is 3. The van der Waals surface area contributed by atoms with Crippen molar-refractivity contribution in [2.75, 3.05) is 17.2 Å². The van der Waals surface area contributed by atoms with Gasteiger partial charge in [-0.1, -0.05) is 12.1 Å². The van der Waals surface area contributed by atoms with Gasteiger partial charge in [-0.25, -0.2) is 9.37 Å². The number of hydrogen-bond acceptors (Lipinski definition) is 6. The number of alkyl halides is 3. The van der Waals surface area contributed by atoms with Gasteiger partial charge in [0.05, 0.1) is 18.0 Å². The molecule has 6 nitrogen and oxygen atoms in total. The van der Waals surface area contributed by atoms with E-state index in [9.17, 15) is 22.7 Å². The van der Waals surface area contributed by atoms with E-state index in [4.69, 9.17) is 0 Å². The molecule has 0 fully saturated rings. The SMILES string of the molecule is C[C@@H](CO)Nc1nc(Nc2ccc(F)cc2Br)cc(-c2cccc(OC(F)(F)F)c2)n1. The molecule has 11 heteroatoms. The van der Waals surface area contributed by atoms with Crippen LogP contribution in [0.1, 0.15) is 6.92 Å². The van der Waals surface area contributed by atoms with Crippen LogP contribution < -0.4 is 15.4 Å². The number of aliphatic hydroxyl groups excluding tert-OH is 1. The number of hydrogen-bond donors (Lipinski definition) is 3. The van der Waals surface area contributed by atoms with Gasteiger partial charge in [0.1, 0.15) is 17.4 Å². The van der Waals surface area contributed by atoms with E-state index in [0.29, 0.717) is 27.2 Å². The summed E-state index contributed by atoms with van der Waals surface area (Å²) in [5.74, 6) is -0.381. The standard InChI is InChI=1S/C20H17BrF4N4O2/c1-11(10-30)26-19-28-17(12-3-2-4-14(7-12)31-20(23,24)25)9-18(29-19)27-16-6-5-13(22)8-15(16)21/h2-9,11,30H,10H2,1H3,(H2,26,27,28,29)/t11-/m0/s1. The Hall–Kier alpha value is -2.92. The molecule has 3 rings (SSSR count). The first-order chi connectivity index (χ1) is 14.6. The molecule has 1 heterocycles. The van der Waals surface area contributed by atoms with Gasteiger partial charge in [-0.15, -0.1) is 13.2 Å². The van der Waals surface area contributed by atoms with Crippen LogP contribution in [0, 0.1) is 5.82 Å². The number of aliphatic hydroxyl groups is 1. The highest BCUT2D eigenvalue weighted by Crippen LogP contribution is 2.31. The second kappa shape index (κ2) is 9.48. The summed E-state index contributed by atoms with van der Waals surface area (Å²) < 4.78 is 55.5. The highest BCUT2D eigenvalue weighted by atomic mass is 79.9. The molecule has 1 atom stereocenters. The van der Waals surface area contributed by atoms with Crippen LogP contribution in [0.3, 0.4) is 0 Å². The van der Waals surface area contributed by atoms with Crippen LogP contribution in [0.25, 0.3) is 11.3 Å². The van der Waals surface area contributed by atoms with Gasteiger partial charge in [0.2, 0.25) is 5.95 Å². The van der Waals surface area contributed by atoms with Crippen LogP contribution in [0.5, 0.6) is 5.75 Å². The average Bonchev–Trinajstić information content (AvgIpc) is 2.69. The van der Waals surface area contributed by atoms with Crippen molar-refractivity contribution in [3.8, 4) is 17.0 Å². The van der Waals surface area contributed by atoms with Gasteiger partial charge in [0, 0.05) is 22.1 Å². The molecule has 0 aliphatic carbocycles. The number of ether oxygens (including phenoxy) is 1. The van der Waals surface area contributed by atoms with Gasteiger partial charge >= 0.3 is 6.36 Å². The molecular formula is C20H17BrF4N4O2. The van der Waals surface area contributed by atoms with Crippen molar-refractivity contribution in [3.05, 3.63) is 58.8 Å². The maximum atomic E-state index is 13.4. The van der Waals surface area contributed by atoms with Gasteiger partial charge in [-0.05, 0) is 53.2 Å². The molecule has 0 unspecified atom stereocenters. The monoisotopic (exact) mass is 500 g/mol. The first-order valence-electron chi connectivity index (χ1n) is 8.97. The Kier molecular flexibility index (Phi) is 6.96.